The predicted molar refractivity (Wildman–Crippen MR) is 77.2 cm³/mol. The molecule has 0 aliphatic carbocycles. The molecule has 0 spiro atoms. The van der Waals surface area contributed by atoms with E-state index in [4.69, 9.17) is 9.52 Å². The third kappa shape index (κ3) is 3.36. The number of fused-ring (bicyclic) bond motifs is 1. The minimum Gasteiger partial charge on any atom is -0.450 e. The van der Waals surface area contributed by atoms with Crippen LogP contribution in [0.2, 0.25) is 0 Å². The minimum atomic E-state index is -0.228. The van der Waals surface area contributed by atoms with Gasteiger partial charge in [-0.3, -0.25) is 4.79 Å². The molecule has 1 aromatic carbocycles. The van der Waals surface area contributed by atoms with Gasteiger partial charge in [0.25, 0.3) is 5.91 Å². The Morgan fingerprint density at radius 1 is 1.53 bits per heavy atom. The van der Waals surface area contributed by atoms with E-state index in [0.29, 0.717) is 17.8 Å². The lowest BCUT2D eigenvalue weighted by Gasteiger charge is -2.11. The fourth-order valence-electron chi connectivity index (χ4n) is 1.90. The second-order valence-electron chi connectivity index (χ2n) is 4.51. The van der Waals surface area contributed by atoms with E-state index in [-0.39, 0.29) is 18.6 Å². The molecule has 0 bridgehead atoms. The van der Waals surface area contributed by atoms with Crippen LogP contribution >= 0.6 is 15.9 Å². The molecule has 1 unspecified atom stereocenters. The van der Waals surface area contributed by atoms with Crippen molar-refractivity contribution in [3.05, 3.63) is 34.5 Å². The Balaban J connectivity index is 2.11. The van der Waals surface area contributed by atoms with Crippen LogP contribution in [0, 0.1) is 0 Å². The Morgan fingerprint density at radius 3 is 3.00 bits per heavy atom. The summed E-state index contributed by atoms with van der Waals surface area (Å²) in [6, 6.07) is 7.41. The van der Waals surface area contributed by atoms with Gasteiger partial charge in [-0.25, -0.2) is 0 Å². The van der Waals surface area contributed by atoms with Crippen LogP contribution in [0.15, 0.2) is 33.2 Å². The van der Waals surface area contributed by atoms with E-state index in [2.05, 4.69) is 21.2 Å². The number of carbonyl (C=O) groups is 1. The second-order valence-corrected chi connectivity index (χ2v) is 5.36. The van der Waals surface area contributed by atoms with Gasteiger partial charge in [-0.1, -0.05) is 12.1 Å². The summed E-state index contributed by atoms with van der Waals surface area (Å²) in [6.45, 7) is 2.05. The molecular weight excluding hydrogens is 310 g/mol. The first kappa shape index (κ1) is 14.1. The molecule has 2 rings (SSSR count). The predicted octanol–water partition coefficient (Wildman–Crippen LogP) is 3.09. The number of hydrogen-bond donors (Lipinski definition) is 2. The molecular formula is C14H16BrNO3. The van der Waals surface area contributed by atoms with Crippen molar-refractivity contribution in [3.63, 3.8) is 0 Å². The highest BCUT2D eigenvalue weighted by Crippen LogP contribution is 2.26. The van der Waals surface area contributed by atoms with Crippen molar-refractivity contribution in [1.29, 1.82) is 0 Å². The summed E-state index contributed by atoms with van der Waals surface area (Å²) in [5.41, 5.74) is 0.677. The van der Waals surface area contributed by atoms with Crippen LogP contribution in [-0.4, -0.2) is 23.7 Å². The Morgan fingerprint density at radius 2 is 2.32 bits per heavy atom. The normalized spacial score (nSPS) is 12.6. The maximum absolute atomic E-state index is 12.0. The van der Waals surface area contributed by atoms with E-state index in [0.717, 1.165) is 16.3 Å². The quantitative estimate of drug-likeness (QED) is 0.887. The van der Waals surface area contributed by atoms with Gasteiger partial charge in [0.1, 0.15) is 5.58 Å². The number of aliphatic hydroxyl groups excluding tert-OH is 1. The third-order valence-electron chi connectivity index (χ3n) is 2.89. The van der Waals surface area contributed by atoms with Gasteiger partial charge >= 0.3 is 0 Å². The molecule has 1 atom stereocenters. The van der Waals surface area contributed by atoms with Gasteiger partial charge in [-0.05, 0) is 47.8 Å². The molecule has 1 heterocycles. The topological polar surface area (TPSA) is 62.5 Å². The van der Waals surface area contributed by atoms with E-state index >= 15 is 0 Å². The van der Waals surface area contributed by atoms with Crippen LogP contribution in [0.5, 0.6) is 0 Å². The van der Waals surface area contributed by atoms with Gasteiger partial charge in [0.2, 0.25) is 0 Å². The van der Waals surface area contributed by atoms with Gasteiger partial charge in [-0.2, -0.15) is 0 Å². The zero-order valence-electron chi connectivity index (χ0n) is 10.6. The lowest BCUT2D eigenvalue weighted by molar-refractivity contribution is 0.0910. The highest BCUT2D eigenvalue weighted by Gasteiger charge is 2.15. The number of furan rings is 1. The van der Waals surface area contributed by atoms with E-state index in [1.54, 1.807) is 6.07 Å². The first-order chi connectivity index (χ1) is 9.11. The number of nitrogens with one attached hydrogen (secondary N) is 1. The highest BCUT2D eigenvalue weighted by atomic mass is 79.9. The van der Waals surface area contributed by atoms with Crippen LogP contribution in [-0.2, 0) is 0 Å². The summed E-state index contributed by atoms with van der Waals surface area (Å²) in [4.78, 5) is 12.0. The van der Waals surface area contributed by atoms with Gasteiger partial charge in [-0.15, -0.1) is 0 Å². The molecule has 1 aromatic heterocycles. The number of carbonyl (C=O) groups excluding carboxylic acids is 1. The van der Waals surface area contributed by atoms with E-state index in [1.165, 1.54) is 0 Å². The molecule has 2 N–H and O–H groups in total. The number of amides is 1. The van der Waals surface area contributed by atoms with E-state index in [9.17, 15) is 4.79 Å². The minimum absolute atomic E-state index is 0.0105. The molecule has 5 heteroatoms. The van der Waals surface area contributed by atoms with E-state index in [1.807, 2.05) is 25.1 Å². The number of para-hydroxylation sites is 1. The molecule has 1 amide bonds. The monoisotopic (exact) mass is 325 g/mol. The molecule has 0 aliphatic rings. The molecule has 0 radical (unpaired) electrons. The average Bonchev–Trinajstić information content (AvgIpc) is 2.82. The van der Waals surface area contributed by atoms with Crippen LogP contribution in [0.3, 0.4) is 0 Å². The van der Waals surface area contributed by atoms with Crippen molar-refractivity contribution in [2.24, 2.45) is 0 Å². The molecule has 0 aliphatic heterocycles. The maximum atomic E-state index is 12.0. The number of benzene rings is 1. The molecule has 0 fully saturated rings. The van der Waals surface area contributed by atoms with Crippen molar-refractivity contribution < 1.29 is 14.3 Å². The number of hydrogen-bond acceptors (Lipinski definition) is 3. The number of halogens is 1. The van der Waals surface area contributed by atoms with Gasteiger partial charge in [0, 0.05) is 18.0 Å². The molecule has 2 aromatic rings. The molecule has 0 saturated heterocycles. The van der Waals surface area contributed by atoms with Crippen LogP contribution in [0.4, 0.5) is 0 Å². The Labute approximate surface area is 119 Å². The Kier molecular flexibility index (Phi) is 4.61. The zero-order chi connectivity index (χ0) is 13.8. The smallest absolute Gasteiger partial charge is 0.287 e. The van der Waals surface area contributed by atoms with Crippen molar-refractivity contribution >= 4 is 32.8 Å². The van der Waals surface area contributed by atoms with Gasteiger partial charge in [0.15, 0.2) is 5.76 Å². The van der Waals surface area contributed by atoms with Crippen molar-refractivity contribution in [3.8, 4) is 0 Å². The second kappa shape index (κ2) is 6.21. The van der Waals surface area contributed by atoms with Crippen molar-refractivity contribution in [2.75, 3.05) is 6.61 Å². The van der Waals surface area contributed by atoms with Crippen molar-refractivity contribution in [1.82, 2.24) is 5.32 Å². The SMILES string of the molecule is CC(CCCO)NC(=O)c1cc2cccc(Br)c2o1. The molecule has 102 valence electrons. The van der Waals surface area contributed by atoms with Gasteiger partial charge < -0.3 is 14.8 Å². The summed E-state index contributed by atoms with van der Waals surface area (Å²) in [5, 5.41) is 12.5. The fraction of sp³-hybridized carbons (Fsp3) is 0.357. The van der Waals surface area contributed by atoms with Crippen LogP contribution in [0.25, 0.3) is 11.0 Å². The Hall–Kier alpha value is -1.33. The maximum Gasteiger partial charge on any atom is 0.287 e. The summed E-state index contributed by atoms with van der Waals surface area (Å²) >= 11 is 3.39. The summed E-state index contributed by atoms with van der Waals surface area (Å²) in [5.74, 6) is 0.0753. The zero-order valence-corrected chi connectivity index (χ0v) is 12.2. The molecule has 4 nitrogen and oxygen atoms in total. The first-order valence-electron chi connectivity index (χ1n) is 6.21. The average molecular weight is 326 g/mol. The Bertz CT molecular complexity index is 579. The number of rotatable bonds is 5. The lowest BCUT2D eigenvalue weighted by atomic mass is 10.2. The van der Waals surface area contributed by atoms with Crippen molar-refractivity contribution in [2.45, 2.75) is 25.8 Å². The third-order valence-corrected chi connectivity index (χ3v) is 3.52. The lowest BCUT2D eigenvalue weighted by Crippen LogP contribution is -2.32. The van der Waals surface area contributed by atoms with Crippen LogP contribution < -0.4 is 5.32 Å². The van der Waals surface area contributed by atoms with Gasteiger partial charge in [0.05, 0.1) is 4.47 Å². The van der Waals surface area contributed by atoms with E-state index < -0.39 is 0 Å². The highest BCUT2D eigenvalue weighted by molar-refractivity contribution is 9.10. The first-order valence-corrected chi connectivity index (χ1v) is 7.01. The molecule has 19 heavy (non-hydrogen) atoms. The summed E-state index contributed by atoms with van der Waals surface area (Å²) in [6.07, 6.45) is 1.42. The summed E-state index contributed by atoms with van der Waals surface area (Å²) in [7, 11) is 0. The number of aliphatic hydroxyl groups is 1. The largest absolute Gasteiger partial charge is 0.450 e. The standard InChI is InChI=1S/C14H16BrNO3/c1-9(4-3-7-17)16-14(18)12-8-10-5-2-6-11(15)13(10)19-12/h2,5-6,8-9,17H,3-4,7H2,1H3,(H,16,18). The van der Waals surface area contributed by atoms with Crippen LogP contribution in [0.1, 0.15) is 30.3 Å². The fourth-order valence-corrected chi connectivity index (χ4v) is 2.37. The summed E-state index contributed by atoms with van der Waals surface area (Å²) < 4.78 is 6.39. The molecule has 0 saturated carbocycles.